The molecule has 0 aliphatic carbocycles. The molecule has 2 aromatic rings. The third kappa shape index (κ3) is 3.51. The highest BCUT2D eigenvalue weighted by Gasteiger charge is 2.14. The zero-order chi connectivity index (χ0) is 13.7. The largest absolute Gasteiger partial charge is 0.457 e. The first-order valence-electron chi connectivity index (χ1n) is 5.82. The van der Waals surface area contributed by atoms with Gasteiger partial charge in [0.2, 0.25) is 0 Å². The Hall–Kier alpha value is -1.94. The van der Waals surface area contributed by atoms with Gasteiger partial charge in [0.25, 0.3) is 0 Å². The Balaban J connectivity index is 2.10. The van der Waals surface area contributed by atoms with Gasteiger partial charge in [-0.15, -0.1) is 0 Å². The summed E-state index contributed by atoms with van der Waals surface area (Å²) in [5.74, 6) is -0.449. The molecule has 0 fully saturated rings. The molecule has 2 aromatic carbocycles. The molecule has 2 rings (SSSR count). The Kier molecular flexibility index (Phi) is 4.47. The van der Waals surface area contributed by atoms with Gasteiger partial charge in [-0.3, -0.25) is 4.21 Å². The van der Waals surface area contributed by atoms with Gasteiger partial charge in [0.1, 0.15) is 6.61 Å². The highest BCUT2D eigenvalue weighted by atomic mass is 32.2. The quantitative estimate of drug-likeness (QED) is 0.805. The normalized spacial score (nSPS) is 11.8. The Morgan fingerprint density at radius 1 is 1.05 bits per heavy atom. The predicted molar refractivity (Wildman–Crippen MR) is 74.3 cm³/mol. The van der Waals surface area contributed by atoms with Gasteiger partial charge in [-0.2, -0.15) is 0 Å². The molecule has 4 heteroatoms. The van der Waals surface area contributed by atoms with Crippen molar-refractivity contribution in [1.82, 2.24) is 0 Å². The second-order valence-electron chi connectivity index (χ2n) is 4.01. The number of esters is 1. The number of benzene rings is 2. The fourth-order valence-corrected chi connectivity index (χ4v) is 2.42. The van der Waals surface area contributed by atoms with Crippen LogP contribution in [0.3, 0.4) is 0 Å². The van der Waals surface area contributed by atoms with E-state index in [9.17, 15) is 9.00 Å². The van der Waals surface area contributed by atoms with Gasteiger partial charge in [-0.05, 0) is 17.7 Å². The van der Waals surface area contributed by atoms with E-state index in [-0.39, 0.29) is 6.61 Å². The summed E-state index contributed by atoms with van der Waals surface area (Å²) in [6, 6.07) is 16.2. The first-order valence-corrected chi connectivity index (χ1v) is 7.38. The van der Waals surface area contributed by atoms with Crippen LogP contribution in [0.5, 0.6) is 0 Å². The molecular formula is C15H14O3S. The van der Waals surface area contributed by atoms with E-state index in [0.29, 0.717) is 10.5 Å². The van der Waals surface area contributed by atoms with Crippen molar-refractivity contribution in [1.29, 1.82) is 0 Å². The van der Waals surface area contributed by atoms with E-state index in [4.69, 9.17) is 4.74 Å². The number of carbonyl (C=O) groups excluding carboxylic acids is 1. The summed E-state index contributed by atoms with van der Waals surface area (Å²) in [4.78, 5) is 12.5. The van der Waals surface area contributed by atoms with Crippen LogP contribution in [-0.2, 0) is 22.1 Å². The average molecular weight is 274 g/mol. The molecule has 0 aliphatic heterocycles. The maximum Gasteiger partial charge on any atom is 0.339 e. The Morgan fingerprint density at radius 2 is 1.68 bits per heavy atom. The van der Waals surface area contributed by atoms with Gasteiger partial charge in [0.15, 0.2) is 0 Å². The van der Waals surface area contributed by atoms with Crippen molar-refractivity contribution in [2.45, 2.75) is 11.5 Å². The lowest BCUT2D eigenvalue weighted by Crippen LogP contribution is -2.08. The summed E-state index contributed by atoms with van der Waals surface area (Å²) in [6.45, 7) is 0.213. The highest BCUT2D eigenvalue weighted by molar-refractivity contribution is 7.84. The van der Waals surface area contributed by atoms with Crippen molar-refractivity contribution in [3.63, 3.8) is 0 Å². The van der Waals surface area contributed by atoms with Crippen molar-refractivity contribution in [2.75, 3.05) is 6.26 Å². The molecular weight excluding hydrogens is 260 g/mol. The second-order valence-corrected chi connectivity index (χ2v) is 5.36. The lowest BCUT2D eigenvalue weighted by atomic mass is 10.2. The summed E-state index contributed by atoms with van der Waals surface area (Å²) >= 11 is 0. The third-order valence-electron chi connectivity index (χ3n) is 2.63. The lowest BCUT2D eigenvalue weighted by molar-refractivity contribution is 0.0468. The molecule has 3 nitrogen and oxygen atoms in total. The van der Waals surface area contributed by atoms with Crippen LogP contribution in [0.4, 0.5) is 0 Å². The van der Waals surface area contributed by atoms with Crippen LogP contribution < -0.4 is 0 Å². The Bertz CT molecular complexity index is 593. The van der Waals surface area contributed by atoms with Gasteiger partial charge in [-0.25, -0.2) is 4.79 Å². The van der Waals surface area contributed by atoms with Gasteiger partial charge >= 0.3 is 5.97 Å². The van der Waals surface area contributed by atoms with Gasteiger partial charge in [0.05, 0.1) is 21.3 Å². The molecule has 0 amide bonds. The molecule has 1 atom stereocenters. The Morgan fingerprint density at radius 3 is 2.37 bits per heavy atom. The molecule has 0 saturated carbocycles. The molecule has 0 aliphatic rings. The fourth-order valence-electron chi connectivity index (χ4n) is 1.69. The monoisotopic (exact) mass is 274 g/mol. The van der Waals surface area contributed by atoms with Crippen molar-refractivity contribution >= 4 is 16.8 Å². The molecule has 1 unspecified atom stereocenters. The fraction of sp³-hybridized carbons (Fsp3) is 0.133. The van der Waals surface area contributed by atoms with Crippen LogP contribution in [0, 0.1) is 0 Å². The minimum atomic E-state index is -1.21. The Labute approximate surface area is 114 Å². The number of rotatable bonds is 4. The van der Waals surface area contributed by atoms with Gasteiger partial charge in [0, 0.05) is 6.26 Å². The lowest BCUT2D eigenvalue weighted by Gasteiger charge is -2.07. The minimum absolute atomic E-state index is 0.213. The highest BCUT2D eigenvalue weighted by Crippen LogP contribution is 2.14. The van der Waals surface area contributed by atoms with E-state index in [1.54, 1.807) is 30.5 Å². The van der Waals surface area contributed by atoms with E-state index in [1.807, 2.05) is 30.3 Å². The topological polar surface area (TPSA) is 43.4 Å². The molecule has 0 radical (unpaired) electrons. The van der Waals surface area contributed by atoms with Crippen LogP contribution >= 0.6 is 0 Å². The summed E-state index contributed by atoms with van der Waals surface area (Å²) in [6.07, 6.45) is 1.54. The van der Waals surface area contributed by atoms with E-state index >= 15 is 0 Å². The summed E-state index contributed by atoms with van der Waals surface area (Å²) in [7, 11) is -1.21. The molecule has 0 bridgehead atoms. The summed E-state index contributed by atoms with van der Waals surface area (Å²) in [5.41, 5.74) is 1.28. The number of ether oxygens (including phenoxy) is 1. The predicted octanol–water partition coefficient (Wildman–Crippen LogP) is 2.78. The third-order valence-corrected chi connectivity index (χ3v) is 3.60. The molecule has 0 N–H and O–H groups in total. The summed E-state index contributed by atoms with van der Waals surface area (Å²) in [5, 5.41) is 0. The molecule has 0 aromatic heterocycles. The first-order chi connectivity index (χ1) is 9.18. The maximum atomic E-state index is 12.0. The maximum absolute atomic E-state index is 12.0. The van der Waals surface area contributed by atoms with Crippen LogP contribution in [0.25, 0.3) is 0 Å². The number of hydrogen-bond acceptors (Lipinski definition) is 3. The van der Waals surface area contributed by atoms with Gasteiger partial charge in [-0.1, -0.05) is 42.5 Å². The van der Waals surface area contributed by atoms with Crippen molar-refractivity contribution < 1.29 is 13.7 Å². The molecule has 0 saturated heterocycles. The van der Waals surface area contributed by atoms with Crippen LogP contribution in [0.1, 0.15) is 15.9 Å². The van der Waals surface area contributed by atoms with E-state index in [2.05, 4.69) is 0 Å². The number of carbonyl (C=O) groups is 1. The van der Waals surface area contributed by atoms with Crippen LogP contribution in [0.15, 0.2) is 59.5 Å². The standard InChI is InChI=1S/C15H14O3S/c1-19(17)14-10-6-5-9-13(14)15(16)18-11-12-7-3-2-4-8-12/h2-10H,11H2,1H3. The SMILES string of the molecule is CS(=O)c1ccccc1C(=O)OCc1ccccc1. The van der Waals surface area contributed by atoms with E-state index in [1.165, 1.54) is 0 Å². The number of hydrogen-bond donors (Lipinski definition) is 0. The van der Waals surface area contributed by atoms with Crippen molar-refractivity contribution in [3.8, 4) is 0 Å². The van der Waals surface area contributed by atoms with Crippen molar-refractivity contribution in [2.24, 2.45) is 0 Å². The first kappa shape index (κ1) is 13.5. The molecule has 0 heterocycles. The van der Waals surface area contributed by atoms with Gasteiger partial charge < -0.3 is 4.74 Å². The zero-order valence-electron chi connectivity index (χ0n) is 10.5. The van der Waals surface area contributed by atoms with Crippen molar-refractivity contribution in [3.05, 3.63) is 65.7 Å². The summed E-state index contributed by atoms with van der Waals surface area (Å²) < 4.78 is 16.8. The average Bonchev–Trinajstić information content (AvgIpc) is 2.46. The van der Waals surface area contributed by atoms with Crippen LogP contribution in [-0.4, -0.2) is 16.4 Å². The molecule has 19 heavy (non-hydrogen) atoms. The minimum Gasteiger partial charge on any atom is -0.457 e. The second kappa shape index (κ2) is 6.29. The van der Waals surface area contributed by atoms with E-state index < -0.39 is 16.8 Å². The zero-order valence-corrected chi connectivity index (χ0v) is 11.4. The van der Waals surface area contributed by atoms with E-state index in [0.717, 1.165) is 5.56 Å². The van der Waals surface area contributed by atoms with Crippen LogP contribution in [0.2, 0.25) is 0 Å². The molecule has 0 spiro atoms. The smallest absolute Gasteiger partial charge is 0.339 e. The molecule has 98 valence electrons.